The Morgan fingerprint density at radius 2 is 2.00 bits per heavy atom. The summed E-state index contributed by atoms with van der Waals surface area (Å²) in [6.45, 7) is 1.91. The molecule has 1 fully saturated rings. The van der Waals surface area contributed by atoms with Gasteiger partial charge in [-0.25, -0.2) is 0 Å². The molecule has 0 spiro atoms. The number of morpholine rings is 1. The molecule has 0 N–H and O–H groups in total. The summed E-state index contributed by atoms with van der Waals surface area (Å²) in [6.07, 6.45) is 0.673. The Hall–Kier alpha value is -0.700. The normalized spacial score (nSPS) is 17.9. The summed E-state index contributed by atoms with van der Waals surface area (Å²) in [5.41, 5.74) is 0. The maximum Gasteiger partial charge on any atom is 0.305 e. The van der Waals surface area contributed by atoms with Gasteiger partial charge in [-0.05, 0) is 6.42 Å². The second-order valence-corrected chi connectivity index (χ2v) is 6.06. The highest BCUT2D eigenvalue weighted by atomic mass is 32.2. The fraction of sp³-hybridized carbons (Fsp3) is 0.900. The molecule has 1 aliphatic rings. The van der Waals surface area contributed by atoms with Crippen LogP contribution in [0.2, 0.25) is 0 Å². The molecule has 0 aromatic rings. The van der Waals surface area contributed by atoms with Crippen LogP contribution in [0, 0.1) is 0 Å². The highest BCUT2D eigenvalue weighted by Crippen LogP contribution is 2.10. The van der Waals surface area contributed by atoms with Crippen LogP contribution in [0.15, 0.2) is 0 Å². The van der Waals surface area contributed by atoms with Gasteiger partial charge in [0, 0.05) is 33.1 Å². The summed E-state index contributed by atoms with van der Waals surface area (Å²) in [4.78, 5) is 10.9. The Morgan fingerprint density at radius 3 is 2.56 bits per heavy atom. The van der Waals surface area contributed by atoms with Gasteiger partial charge in [-0.15, -0.1) is 0 Å². The number of carbonyl (C=O) groups is 1. The van der Waals surface area contributed by atoms with E-state index in [1.807, 2.05) is 0 Å². The molecule has 1 rings (SSSR count). The van der Waals surface area contributed by atoms with Gasteiger partial charge in [0.25, 0.3) is 10.2 Å². The van der Waals surface area contributed by atoms with E-state index in [2.05, 4.69) is 4.74 Å². The molecule has 106 valence electrons. The van der Waals surface area contributed by atoms with E-state index in [0.717, 1.165) is 0 Å². The molecule has 1 aliphatic heterocycles. The molecule has 0 amide bonds. The number of esters is 1. The van der Waals surface area contributed by atoms with Crippen LogP contribution < -0.4 is 0 Å². The first-order valence-corrected chi connectivity index (χ1v) is 7.24. The third-order valence-electron chi connectivity index (χ3n) is 2.77. The van der Waals surface area contributed by atoms with E-state index in [0.29, 0.717) is 39.3 Å². The van der Waals surface area contributed by atoms with Gasteiger partial charge in [-0.2, -0.15) is 17.0 Å². The van der Waals surface area contributed by atoms with Crippen LogP contribution in [0.25, 0.3) is 0 Å². The fourth-order valence-corrected chi connectivity index (χ4v) is 3.00. The SMILES string of the molecule is COC(=O)CCCN(C)S(=O)(=O)N1CCOCC1. The summed E-state index contributed by atoms with van der Waals surface area (Å²) in [5, 5.41) is 0. The lowest BCUT2D eigenvalue weighted by atomic mass is 10.3. The number of methoxy groups -OCH3 is 1. The third-order valence-corrected chi connectivity index (χ3v) is 4.76. The van der Waals surface area contributed by atoms with Gasteiger partial charge in [0.05, 0.1) is 20.3 Å². The number of carbonyl (C=O) groups excluding carboxylic acids is 1. The summed E-state index contributed by atoms with van der Waals surface area (Å²) < 4.78 is 36.5. The minimum atomic E-state index is -3.43. The van der Waals surface area contributed by atoms with Crippen LogP contribution in [0.1, 0.15) is 12.8 Å². The van der Waals surface area contributed by atoms with Crippen molar-refractivity contribution in [2.75, 3.05) is 47.0 Å². The second kappa shape index (κ2) is 7.03. The zero-order chi connectivity index (χ0) is 13.6. The predicted octanol–water partition coefficient (Wildman–Crippen LogP) is -0.552. The fourth-order valence-electron chi connectivity index (χ4n) is 1.64. The monoisotopic (exact) mass is 280 g/mol. The molecule has 0 unspecified atom stereocenters. The van der Waals surface area contributed by atoms with Crippen molar-refractivity contribution in [1.82, 2.24) is 8.61 Å². The van der Waals surface area contributed by atoms with Crippen molar-refractivity contribution < 1.29 is 22.7 Å². The maximum absolute atomic E-state index is 12.1. The molecular weight excluding hydrogens is 260 g/mol. The molecule has 0 aromatic carbocycles. The van der Waals surface area contributed by atoms with Crippen LogP contribution in [0.4, 0.5) is 0 Å². The maximum atomic E-state index is 12.1. The summed E-state index contributed by atoms with van der Waals surface area (Å²) in [6, 6.07) is 0. The summed E-state index contributed by atoms with van der Waals surface area (Å²) in [5.74, 6) is -0.327. The minimum absolute atomic E-state index is 0.222. The molecule has 1 heterocycles. The van der Waals surface area contributed by atoms with E-state index < -0.39 is 10.2 Å². The first kappa shape index (κ1) is 15.4. The lowest BCUT2D eigenvalue weighted by Crippen LogP contribution is -2.47. The Labute approximate surface area is 108 Å². The Kier molecular flexibility index (Phi) is 6.00. The number of hydrogen-bond acceptors (Lipinski definition) is 5. The number of nitrogens with zero attached hydrogens (tertiary/aromatic N) is 2. The van der Waals surface area contributed by atoms with Gasteiger partial charge in [-0.1, -0.05) is 0 Å². The topological polar surface area (TPSA) is 76.2 Å². The van der Waals surface area contributed by atoms with Gasteiger partial charge in [0.15, 0.2) is 0 Å². The highest BCUT2D eigenvalue weighted by molar-refractivity contribution is 7.86. The largest absolute Gasteiger partial charge is 0.469 e. The van der Waals surface area contributed by atoms with E-state index in [-0.39, 0.29) is 12.4 Å². The van der Waals surface area contributed by atoms with E-state index in [1.165, 1.54) is 22.8 Å². The van der Waals surface area contributed by atoms with Crippen LogP contribution >= 0.6 is 0 Å². The average Bonchev–Trinajstić information content (AvgIpc) is 2.39. The molecule has 0 aliphatic carbocycles. The highest BCUT2D eigenvalue weighted by Gasteiger charge is 2.28. The van der Waals surface area contributed by atoms with Gasteiger partial charge in [-0.3, -0.25) is 4.79 Å². The molecular formula is C10H20N2O5S. The molecule has 18 heavy (non-hydrogen) atoms. The first-order chi connectivity index (χ1) is 8.48. The van der Waals surface area contributed by atoms with Gasteiger partial charge in [0.1, 0.15) is 0 Å². The lowest BCUT2D eigenvalue weighted by molar-refractivity contribution is -0.140. The lowest BCUT2D eigenvalue weighted by Gasteiger charge is -2.30. The quantitative estimate of drug-likeness (QED) is 0.610. The van der Waals surface area contributed by atoms with Crippen molar-refractivity contribution in [1.29, 1.82) is 0 Å². The third kappa shape index (κ3) is 4.20. The van der Waals surface area contributed by atoms with Crippen LogP contribution in [0.3, 0.4) is 0 Å². The van der Waals surface area contributed by atoms with Crippen LogP contribution in [0.5, 0.6) is 0 Å². The van der Waals surface area contributed by atoms with E-state index >= 15 is 0 Å². The van der Waals surface area contributed by atoms with E-state index in [9.17, 15) is 13.2 Å². The molecule has 7 nitrogen and oxygen atoms in total. The second-order valence-electron chi connectivity index (χ2n) is 4.02. The molecule has 1 saturated heterocycles. The first-order valence-electron chi connectivity index (χ1n) is 5.84. The molecule has 8 heteroatoms. The van der Waals surface area contributed by atoms with Crippen molar-refractivity contribution in [3.63, 3.8) is 0 Å². The number of hydrogen-bond donors (Lipinski definition) is 0. The smallest absolute Gasteiger partial charge is 0.305 e. The van der Waals surface area contributed by atoms with Crippen molar-refractivity contribution in [2.24, 2.45) is 0 Å². The zero-order valence-corrected chi connectivity index (χ0v) is 11.6. The summed E-state index contributed by atoms with van der Waals surface area (Å²) in [7, 11) is -0.600. The number of ether oxygens (including phenoxy) is 2. The molecule has 0 aromatic heterocycles. The van der Waals surface area contributed by atoms with E-state index in [4.69, 9.17) is 4.74 Å². The standard InChI is InChI=1S/C10H20N2O5S/c1-11(5-3-4-10(13)16-2)18(14,15)12-6-8-17-9-7-12/h3-9H2,1-2H3. The van der Waals surface area contributed by atoms with Crippen molar-refractivity contribution >= 4 is 16.2 Å². The van der Waals surface area contributed by atoms with Crippen LogP contribution in [-0.4, -0.2) is 70.0 Å². The van der Waals surface area contributed by atoms with Crippen molar-refractivity contribution in [2.45, 2.75) is 12.8 Å². The average molecular weight is 280 g/mol. The van der Waals surface area contributed by atoms with Crippen LogP contribution in [-0.2, 0) is 24.5 Å². The Morgan fingerprint density at radius 1 is 1.39 bits per heavy atom. The molecule has 0 saturated carbocycles. The van der Waals surface area contributed by atoms with Gasteiger partial charge < -0.3 is 9.47 Å². The predicted molar refractivity (Wildman–Crippen MR) is 65.2 cm³/mol. The molecule has 0 bridgehead atoms. The van der Waals surface area contributed by atoms with Crippen molar-refractivity contribution in [3.05, 3.63) is 0 Å². The molecule has 0 radical (unpaired) electrons. The van der Waals surface area contributed by atoms with Gasteiger partial charge in [0.2, 0.25) is 0 Å². The van der Waals surface area contributed by atoms with E-state index in [1.54, 1.807) is 0 Å². The number of rotatable bonds is 6. The Balaban J connectivity index is 2.43. The van der Waals surface area contributed by atoms with Crippen molar-refractivity contribution in [3.8, 4) is 0 Å². The van der Waals surface area contributed by atoms with Gasteiger partial charge >= 0.3 is 5.97 Å². The molecule has 0 atom stereocenters. The minimum Gasteiger partial charge on any atom is -0.469 e. The Bertz CT molecular complexity index is 364. The summed E-state index contributed by atoms with van der Waals surface area (Å²) >= 11 is 0. The zero-order valence-electron chi connectivity index (χ0n) is 10.8.